The number of aryl methyl sites for hydroxylation is 2. The molecule has 4 rings (SSSR count). The Balaban J connectivity index is 1.36. The Kier molecular flexibility index (Phi) is 8.32. The molecule has 6 heteroatoms. The molecule has 1 fully saturated rings. The van der Waals surface area contributed by atoms with Crippen molar-refractivity contribution in [2.45, 2.75) is 57.0 Å². The summed E-state index contributed by atoms with van der Waals surface area (Å²) in [7, 11) is 1.75. The topological polar surface area (TPSA) is 18.5 Å². The molecule has 0 unspecified atom stereocenters. The van der Waals surface area contributed by atoms with Gasteiger partial charge in [-0.05, 0) is 91.0 Å². The van der Waals surface area contributed by atoms with Crippen LogP contribution < -0.4 is 4.74 Å². The molecule has 188 valence electrons. The molecule has 1 aliphatic carbocycles. The first-order valence-corrected chi connectivity index (χ1v) is 12.3. The van der Waals surface area contributed by atoms with E-state index in [0.717, 1.165) is 29.9 Å². The van der Waals surface area contributed by atoms with E-state index < -0.39 is 12.8 Å². The van der Waals surface area contributed by atoms with E-state index in [1.54, 1.807) is 19.2 Å². The number of ether oxygens (including phenoxy) is 2. The standard InChI is InChI=1S/C29H32F4O2/c1-34-17-16-21-2-7-22(8-3-21)24-12-15-27-25(18-24)11-10-23(28(27)30)9-4-20-5-13-26(14-6-20)35-19-29(31,32)33/h5-6,10-15,18,21-22H,2-4,7-9,16-17,19H2,1H3. The van der Waals surface area contributed by atoms with Gasteiger partial charge < -0.3 is 9.47 Å². The van der Waals surface area contributed by atoms with Crippen LogP contribution in [-0.2, 0) is 17.6 Å². The lowest BCUT2D eigenvalue weighted by atomic mass is 9.77. The summed E-state index contributed by atoms with van der Waals surface area (Å²) in [6.07, 6.45) is 2.64. The van der Waals surface area contributed by atoms with Gasteiger partial charge in [-0.1, -0.05) is 42.5 Å². The number of alkyl halides is 3. The highest BCUT2D eigenvalue weighted by Crippen LogP contribution is 2.38. The first kappa shape index (κ1) is 25.5. The maximum atomic E-state index is 15.3. The number of halogens is 4. The summed E-state index contributed by atoms with van der Waals surface area (Å²) in [5.74, 6) is 1.25. The van der Waals surface area contributed by atoms with Crippen molar-refractivity contribution in [1.29, 1.82) is 0 Å². The van der Waals surface area contributed by atoms with E-state index in [1.807, 2.05) is 18.2 Å². The van der Waals surface area contributed by atoms with Crippen LogP contribution in [0.25, 0.3) is 10.8 Å². The second-order valence-corrected chi connectivity index (χ2v) is 9.57. The third-order valence-corrected chi connectivity index (χ3v) is 7.12. The van der Waals surface area contributed by atoms with Gasteiger partial charge in [-0.2, -0.15) is 13.2 Å². The highest BCUT2D eigenvalue weighted by molar-refractivity contribution is 5.84. The van der Waals surface area contributed by atoms with Crippen molar-refractivity contribution in [2.75, 3.05) is 20.3 Å². The second kappa shape index (κ2) is 11.4. The summed E-state index contributed by atoms with van der Waals surface area (Å²) in [4.78, 5) is 0. The molecule has 0 amide bonds. The van der Waals surface area contributed by atoms with E-state index in [2.05, 4.69) is 12.1 Å². The predicted octanol–water partition coefficient (Wildman–Crippen LogP) is 8.02. The van der Waals surface area contributed by atoms with Gasteiger partial charge in [0, 0.05) is 19.1 Å². The van der Waals surface area contributed by atoms with Crippen LogP contribution in [0.3, 0.4) is 0 Å². The zero-order valence-electron chi connectivity index (χ0n) is 20.0. The third-order valence-electron chi connectivity index (χ3n) is 7.12. The van der Waals surface area contributed by atoms with Gasteiger partial charge in [-0.15, -0.1) is 0 Å². The van der Waals surface area contributed by atoms with Crippen LogP contribution in [0.5, 0.6) is 5.75 Å². The average Bonchev–Trinajstić information content (AvgIpc) is 2.86. The van der Waals surface area contributed by atoms with Crippen molar-refractivity contribution in [2.24, 2.45) is 5.92 Å². The van der Waals surface area contributed by atoms with Crippen molar-refractivity contribution < 1.29 is 27.0 Å². The van der Waals surface area contributed by atoms with Crippen molar-refractivity contribution in [3.05, 3.63) is 77.1 Å². The van der Waals surface area contributed by atoms with Gasteiger partial charge in [0.25, 0.3) is 0 Å². The largest absolute Gasteiger partial charge is 0.484 e. The van der Waals surface area contributed by atoms with E-state index in [-0.39, 0.29) is 11.6 Å². The molecule has 0 aliphatic heterocycles. The van der Waals surface area contributed by atoms with Crippen molar-refractivity contribution >= 4 is 10.8 Å². The summed E-state index contributed by atoms with van der Waals surface area (Å²) in [5.41, 5.74) is 2.85. The Morgan fingerprint density at radius 2 is 1.63 bits per heavy atom. The lowest BCUT2D eigenvalue weighted by molar-refractivity contribution is -0.153. The molecule has 1 aliphatic rings. The fraction of sp³-hybridized carbons (Fsp3) is 0.448. The Morgan fingerprint density at radius 1 is 0.886 bits per heavy atom. The predicted molar refractivity (Wildman–Crippen MR) is 130 cm³/mol. The van der Waals surface area contributed by atoms with Gasteiger partial charge in [-0.25, -0.2) is 4.39 Å². The lowest BCUT2D eigenvalue weighted by Gasteiger charge is -2.29. The molecule has 35 heavy (non-hydrogen) atoms. The van der Waals surface area contributed by atoms with Gasteiger partial charge in [0.1, 0.15) is 11.6 Å². The van der Waals surface area contributed by atoms with Gasteiger partial charge in [0.2, 0.25) is 0 Å². The first-order chi connectivity index (χ1) is 16.8. The number of benzene rings is 3. The van der Waals surface area contributed by atoms with Gasteiger partial charge in [0.05, 0.1) is 0 Å². The number of hydrogen-bond acceptors (Lipinski definition) is 2. The molecular weight excluding hydrogens is 456 g/mol. The Bertz CT molecular complexity index is 1100. The molecule has 0 spiro atoms. The lowest BCUT2D eigenvalue weighted by Crippen LogP contribution is -2.19. The van der Waals surface area contributed by atoms with Crippen molar-refractivity contribution in [3.63, 3.8) is 0 Å². The number of rotatable bonds is 9. The van der Waals surface area contributed by atoms with Gasteiger partial charge >= 0.3 is 6.18 Å². The molecule has 0 atom stereocenters. The molecule has 0 aromatic heterocycles. The maximum absolute atomic E-state index is 15.3. The Labute approximate surface area is 204 Å². The molecule has 1 saturated carbocycles. The van der Waals surface area contributed by atoms with Crippen LogP contribution in [0.4, 0.5) is 17.6 Å². The first-order valence-electron chi connectivity index (χ1n) is 12.3. The molecule has 0 N–H and O–H groups in total. The Hall–Kier alpha value is -2.60. The molecular formula is C29H32F4O2. The summed E-state index contributed by atoms with van der Waals surface area (Å²) in [6.45, 7) is -0.485. The molecule has 3 aromatic rings. The minimum Gasteiger partial charge on any atom is -0.484 e. The van der Waals surface area contributed by atoms with E-state index in [1.165, 1.54) is 43.4 Å². The molecule has 0 radical (unpaired) electrons. The quantitative estimate of drug-likeness (QED) is 0.284. The van der Waals surface area contributed by atoms with Crippen LogP contribution in [0.2, 0.25) is 0 Å². The smallest absolute Gasteiger partial charge is 0.422 e. The van der Waals surface area contributed by atoms with Crippen LogP contribution in [0.1, 0.15) is 54.7 Å². The van der Waals surface area contributed by atoms with Gasteiger partial charge in [-0.3, -0.25) is 0 Å². The molecule has 0 heterocycles. The third kappa shape index (κ3) is 6.97. The van der Waals surface area contributed by atoms with E-state index in [9.17, 15) is 13.2 Å². The zero-order chi connectivity index (χ0) is 24.8. The van der Waals surface area contributed by atoms with Gasteiger partial charge in [0.15, 0.2) is 6.61 Å². The van der Waals surface area contributed by atoms with Crippen LogP contribution in [0.15, 0.2) is 54.6 Å². The van der Waals surface area contributed by atoms with Crippen molar-refractivity contribution in [3.8, 4) is 5.75 Å². The van der Waals surface area contributed by atoms with Crippen molar-refractivity contribution in [1.82, 2.24) is 0 Å². The normalized spacial score (nSPS) is 18.7. The summed E-state index contributed by atoms with van der Waals surface area (Å²) >= 11 is 0. The van der Waals surface area contributed by atoms with E-state index in [0.29, 0.717) is 29.7 Å². The maximum Gasteiger partial charge on any atom is 0.422 e. The number of hydrogen-bond donors (Lipinski definition) is 0. The molecule has 3 aromatic carbocycles. The highest BCUT2D eigenvalue weighted by atomic mass is 19.4. The monoisotopic (exact) mass is 488 g/mol. The fourth-order valence-electron chi connectivity index (χ4n) is 5.07. The fourth-order valence-corrected chi connectivity index (χ4v) is 5.07. The number of methoxy groups -OCH3 is 1. The molecule has 0 bridgehead atoms. The zero-order valence-corrected chi connectivity index (χ0v) is 20.0. The minimum atomic E-state index is -4.36. The van der Waals surface area contributed by atoms with E-state index in [4.69, 9.17) is 9.47 Å². The van der Waals surface area contributed by atoms with Crippen LogP contribution in [0, 0.1) is 11.7 Å². The number of fused-ring (bicyclic) bond motifs is 1. The molecule has 2 nitrogen and oxygen atoms in total. The van der Waals surface area contributed by atoms with E-state index >= 15 is 4.39 Å². The summed E-state index contributed by atoms with van der Waals surface area (Å²) in [6, 6.07) is 16.5. The molecule has 0 saturated heterocycles. The summed E-state index contributed by atoms with van der Waals surface area (Å²) < 4.78 is 62.1. The summed E-state index contributed by atoms with van der Waals surface area (Å²) in [5, 5.41) is 1.56. The minimum absolute atomic E-state index is 0.169. The average molecular weight is 489 g/mol. The highest BCUT2D eigenvalue weighted by Gasteiger charge is 2.28. The van der Waals surface area contributed by atoms with Crippen LogP contribution in [-0.4, -0.2) is 26.5 Å². The second-order valence-electron chi connectivity index (χ2n) is 9.57. The Morgan fingerprint density at radius 3 is 2.31 bits per heavy atom. The van der Waals surface area contributed by atoms with Crippen LogP contribution >= 0.6 is 0 Å². The SMILES string of the molecule is COCCC1CCC(c2ccc3c(F)c(CCc4ccc(OCC(F)(F)F)cc4)ccc3c2)CC1.